The third-order valence-corrected chi connectivity index (χ3v) is 7.17. The lowest BCUT2D eigenvalue weighted by Crippen LogP contribution is -2.39. The number of carbonyl (C=O) groups excluding carboxylic acids is 1. The fraction of sp³-hybridized carbons (Fsp3) is 0.250. The Bertz CT molecular complexity index is 1700. The van der Waals surface area contributed by atoms with Crippen molar-refractivity contribution in [3.8, 4) is 22.6 Å². The smallest absolute Gasteiger partial charge is 0.276 e. The first-order valence-corrected chi connectivity index (χ1v) is 12.9. The average molecular weight is 529 g/mol. The van der Waals surface area contributed by atoms with Crippen molar-refractivity contribution in [2.45, 2.75) is 39.2 Å². The molecule has 4 heterocycles. The fourth-order valence-corrected chi connectivity index (χ4v) is 4.99. The minimum Gasteiger partial charge on any atom is -0.339 e. The number of amides is 1. The number of aromatic nitrogens is 5. The van der Waals surface area contributed by atoms with Gasteiger partial charge in [-0.1, -0.05) is 64.8 Å². The Labute approximate surface area is 223 Å². The zero-order valence-electron chi connectivity index (χ0n) is 20.8. The van der Waals surface area contributed by atoms with E-state index in [1.807, 2.05) is 49.4 Å². The van der Waals surface area contributed by atoms with Gasteiger partial charge in [0.25, 0.3) is 5.56 Å². The molecule has 0 saturated carbocycles. The number of halogens is 1. The van der Waals surface area contributed by atoms with Crippen LogP contribution in [0.1, 0.15) is 35.6 Å². The van der Waals surface area contributed by atoms with Gasteiger partial charge in [-0.25, -0.2) is 9.50 Å². The summed E-state index contributed by atoms with van der Waals surface area (Å²) in [5.41, 5.74) is 5.19. The lowest BCUT2D eigenvalue weighted by molar-refractivity contribution is -0.132. The molecule has 0 bridgehead atoms. The van der Waals surface area contributed by atoms with Crippen LogP contribution in [0.2, 0.25) is 5.02 Å². The highest BCUT2D eigenvalue weighted by molar-refractivity contribution is 6.33. The van der Waals surface area contributed by atoms with Crippen LogP contribution < -0.4 is 5.56 Å². The molecule has 0 atom stereocenters. The lowest BCUT2D eigenvalue weighted by Gasteiger charge is -2.27. The molecule has 0 unspecified atom stereocenters. The highest BCUT2D eigenvalue weighted by Gasteiger charge is 2.25. The minimum atomic E-state index is -0.142. The van der Waals surface area contributed by atoms with Crippen molar-refractivity contribution in [1.82, 2.24) is 29.6 Å². The molecule has 1 amide bonds. The maximum atomic E-state index is 13.2. The van der Waals surface area contributed by atoms with Crippen molar-refractivity contribution >= 4 is 23.2 Å². The average Bonchev–Trinajstić information content (AvgIpc) is 3.57. The van der Waals surface area contributed by atoms with Crippen LogP contribution in [0, 0.1) is 6.92 Å². The molecule has 9 nitrogen and oxygen atoms in total. The Morgan fingerprint density at radius 2 is 1.95 bits per heavy atom. The summed E-state index contributed by atoms with van der Waals surface area (Å²) < 4.78 is 6.82. The van der Waals surface area contributed by atoms with E-state index in [1.165, 1.54) is 4.52 Å². The zero-order valence-corrected chi connectivity index (χ0v) is 21.5. The van der Waals surface area contributed by atoms with Crippen LogP contribution in [-0.2, 0) is 24.2 Å². The Balaban J connectivity index is 1.11. The predicted molar refractivity (Wildman–Crippen MR) is 143 cm³/mol. The molecular weight excluding hydrogens is 504 g/mol. The molecule has 1 aliphatic heterocycles. The molecule has 6 rings (SSSR count). The number of carbonyl (C=O) groups is 1. The summed E-state index contributed by atoms with van der Waals surface area (Å²) >= 11 is 6.34. The first-order valence-electron chi connectivity index (χ1n) is 12.5. The molecule has 38 heavy (non-hydrogen) atoms. The minimum absolute atomic E-state index is 0.0155. The van der Waals surface area contributed by atoms with Crippen molar-refractivity contribution < 1.29 is 9.32 Å². The van der Waals surface area contributed by atoms with Gasteiger partial charge in [0.15, 0.2) is 5.65 Å². The molecule has 5 aromatic rings. The molecule has 0 fully saturated rings. The molecular formula is C28H25ClN6O3. The number of nitrogens with one attached hydrogen (secondary N) is 1. The maximum absolute atomic E-state index is 13.2. The Hall–Kier alpha value is -4.24. The van der Waals surface area contributed by atoms with Crippen LogP contribution in [0.5, 0.6) is 0 Å². The number of rotatable bonds is 6. The van der Waals surface area contributed by atoms with Gasteiger partial charge in [-0.05, 0) is 25.8 Å². The van der Waals surface area contributed by atoms with Gasteiger partial charge in [0.1, 0.15) is 0 Å². The third-order valence-electron chi connectivity index (χ3n) is 6.84. The highest BCUT2D eigenvalue weighted by Crippen LogP contribution is 2.27. The quantitative estimate of drug-likeness (QED) is 0.345. The van der Waals surface area contributed by atoms with Crippen molar-refractivity contribution in [2.24, 2.45) is 0 Å². The van der Waals surface area contributed by atoms with E-state index in [1.54, 1.807) is 17.0 Å². The van der Waals surface area contributed by atoms with E-state index in [0.717, 1.165) is 16.7 Å². The number of aryl methyl sites for hydroxylation is 2. The van der Waals surface area contributed by atoms with Crippen LogP contribution in [0.25, 0.3) is 28.3 Å². The lowest BCUT2D eigenvalue weighted by atomic mass is 10.1. The summed E-state index contributed by atoms with van der Waals surface area (Å²) in [4.78, 5) is 37.1. The van der Waals surface area contributed by atoms with E-state index >= 15 is 0 Å². The Morgan fingerprint density at radius 3 is 2.76 bits per heavy atom. The summed E-state index contributed by atoms with van der Waals surface area (Å²) in [5, 5.41) is 7.76. The largest absolute Gasteiger partial charge is 0.339 e. The molecule has 1 N–H and O–H groups in total. The summed E-state index contributed by atoms with van der Waals surface area (Å²) in [6.45, 7) is 2.81. The Kier molecular flexibility index (Phi) is 6.29. The molecule has 1 aliphatic rings. The van der Waals surface area contributed by atoms with Gasteiger partial charge in [-0.3, -0.25) is 14.7 Å². The van der Waals surface area contributed by atoms with E-state index in [9.17, 15) is 9.59 Å². The maximum Gasteiger partial charge on any atom is 0.276 e. The van der Waals surface area contributed by atoms with Crippen molar-refractivity contribution in [3.63, 3.8) is 0 Å². The van der Waals surface area contributed by atoms with E-state index in [2.05, 4.69) is 15.2 Å². The van der Waals surface area contributed by atoms with Gasteiger partial charge in [0, 0.05) is 47.2 Å². The standard InChI is InChI=1S/C28H25ClN6O3/c1-17-9-11-18(12-10-17)27-31-25(38-33-27)7-4-8-26(36)34-14-13-20-23(16-34)30-24-15-22(32-35(24)28(20)37)19-5-2-3-6-21(19)29/h2-3,5-6,9-12,15,32H,4,7-8,13-14,16H2,1H3. The number of H-pyrrole nitrogens is 1. The normalized spacial score (nSPS) is 13.2. The molecule has 0 radical (unpaired) electrons. The van der Waals surface area contributed by atoms with Gasteiger partial charge in [-0.15, -0.1) is 0 Å². The number of benzene rings is 2. The summed E-state index contributed by atoms with van der Waals surface area (Å²) in [5.74, 6) is 1.07. The summed E-state index contributed by atoms with van der Waals surface area (Å²) in [6.07, 6.45) is 1.91. The van der Waals surface area contributed by atoms with Crippen LogP contribution in [0.3, 0.4) is 0 Å². The van der Waals surface area contributed by atoms with E-state index in [4.69, 9.17) is 21.1 Å². The van der Waals surface area contributed by atoms with E-state index in [-0.39, 0.29) is 11.5 Å². The van der Waals surface area contributed by atoms with Crippen LogP contribution in [0.4, 0.5) is 0 Å². The highest BCUT2D eigenvalue weighted by atomic mass is 35.5. The molecule has 0 saturated heterocycles. The van der Waals surface area contributed by atoms with Gasteiger partial charge in [-0.2, -0.15) is 4.98 Å². The topological polar surface area (TPSA) is 109 Å². The fourth-order valence-electron chi connectivity index (χ4n) is 4.75. The molecule has 3 aromatic heterocycles. The second-order valence-electron chi connectivity index (χ2n) is 9.48. The summed E-state index contributed by atoms with van der Waals surface area (Å²) in [6, 6.07) is 17.2. The van der Waals surface area contributed by atoms with E-state index < -0.39 is 0 Å². The Morgan fingerprint density at radius 1 is 1.13 bits per heavy atom. The van der Waals surface area contributed by atoms with Gasteiger partial charge < -0.3 is 9.42 Å². The first-order chi connectivity index (χ1) is 18.5. The number of nitrogens with zero attached hydrogens (tertiary/aromatic N) is 5. The number of hydrogen-bond acceptors (Lipinski definition) is 6. The first kappa shape index (κ1) is 24.1. The van der Waals surface area contributed by atoms with Crippen LogP contribution in [-0.4, -0.2) is 42.1 Å². The third kappa shape index (κ3) is 4.61. The predicted octanol–water partition coefficient (Wildman–Crippen LogP) is 4.61. The van der Waals surface area contributed by atoms with Crippen molar-refractivity contribution in [3.05, 3.63) is 92.7 Å². The van der Waals surface area contributed by atoms with Crippen LogP contribution >= 0.6 is 11.6 Å². The second kappa shape index (κ2) is 9.90. The number of aromatic amines is 1. The zero-order chi connectivity index (χ0) is 26.2. The second-order valence-corrected chi connectivity index (χ2v) is 9.89. The molecule has 192 valence electrons. The van der Waals surface area contributed by atoms with Gasteiger partial charge in [0.2, 0.25) is 17.6 Å². The number of hydrogen-bond donors (Lipinski definition) is 1. The summed E-state index contributed by atoms with van der Waals surface area (Å²) in [7, 11) is 0. The van der Waals surface area contributed by atoms with Gasteiger partial charge >= 0.3 is 0 Å². The van der Waals surface area contributed by atoms with Gasteiger partial charge in [0.05, 0.1) is 17.9 Å². The molecule has 10 heteroatoms. The molecule has 0 spiro atoms. The van der Waals surface area contributed by atoms with E-state index in [0.29, 0.717) is 78.1 Å². The van der Waals surface area contributed by atoms with Crippen molar-refractivity contribution in [2.75, 3.05) is 6.54 Å². The van der Waals surface area contributed by atoms with Crippen molar-refractivity contribution in [1.29, 1.82) is 0 Å². The van der Waals surface area contributed by atoms with Crippen LogP contribution in [0.15, 0.2) is 63.9 Å². The number of fused-ring (bicyclic) bond motifs is 2. The monoisotopic (exact) mass is 528 g/mol. The SMILES string of the molecule is Cc1ccc(-c2noc(CCCC(=O)N3CCc4c(nc5cc(-c6ccccc6Cl)[nH]n5c4=O)C3)n2)cc1. The molecule has 2 aromatic carbocycles. The molecule has 0 aliphatic carbocycles.